The van der Waals surface area contributed by atoms with Crippen LogP contribution in [0, 0.1) is 5.92 Å². The summed E-state index contributed by atoms with van der Waals surface area (Å²) in [5, 5.41) is 1.91. The summed E-state index contributed by atoms with van der Waals surface area (Å²) in [6.45, 7) is 0.721. The number of benzene rings is 2. The molecule has 0 radical (unpaired) electrons. The Kier molecular flexibility index (Phi) is 4.60. The number of sulfonamides is 1. The first kappa shape index (κ1) is 16.9. The summed E-state index contributed by atoms with van der Waals surface area (Å²) >= 11 is 0. The Hall–Kier alpha value is -1.92. The number of nitrogens with zero attached hydrogens (tertiary/aromatic N) is 2. The molecule has 1 unspecified atom stereocenters. The lowest BCUT2D eigenvalue weighted by atomic mass is 9.98. The monoisotopic (exact) mass is 346 g/mol. The molecule has 0 saturated carbocycles. The van der Waals surface area contributed by atoms with Gasteiger partial charge in [-0.1, -0.05) is 30.3 Å². The number of hydrogen-bond acceptors (Lipinski definition) is 3. The van der Waals surface area contributed by atoms with Crippen LogP contribution in [-0.2, 0) is 14.8 Å². The molecule has 128 valence electrons. The fourth-order valence-electron chi connectivity index (χ4n) is 3.20. The van der Waals surface area contributed by atoms with Crippen molar-refractivity contribution in [3.8, 4) is 0 Å². The van der Waals surface area contributed by atoms with Gasteiger partial charge >= 0.3 is 0 Å². The van der Waals surface area contributed by atoms with Gasteiger partial charge in [-0.3, -0.25) is 4.79 Å². The highest BCUT2D eigenvalue weighted by atomic mass is 32.2. The zero-order valence-corrected chi connectivity index (χ0v) is 14.8. The lowest BCUT2D eigenvalue weighted by Crippen LogP contribution is -2.45. The van der Waals surface area contributed by atoms with Crippen molar-refractivity contribution in [2.24, 2.45) is 5.92 Å². The Bertz CT molecular complexity index is 861. The minimum Gasteiger partial charge on any atom is -0.349 e. The second-order valence-corrected chi connectivity index (χ2v) is 8.38. The molecule has 1 aliphatic rings. The number of rotatable bonds is 3. The van der Waals surface area contributed by atoms with Crippen LogP contribution in [0.15, 0.2) is 47.4 Å². The summed E-state index contributed by atoms with van der Waals surface area (Å²) in [5.41, 5.74) is 0. The van der Waals surface area contributed by atoms with Crippen molar-refractivity contribution < 1.29 is 13.2 Å². The third kappa shape index (κ3) is 3.16. The first-order valence-electron chi connectivity index (χ1n) is 8.10. The molecule has 0 bridgehead atoms. The highest BCUT2D eigenvalue weighted by molar-refractivity contribution is 7.89. The highest BCUT2D eigenvalue weighted by Crippen LogP contribution is 2.26. The van der Waals surface area contributed by atoms with Crippen LogP contribution in [0.2, 0.25) is 0 Å². The molecule has 6 heteroatoms. The topological polar surface area (TPSA) is 57.7 Å². The average Bonchev–Trinajstić information content (AvgIpc) is 2.60. The van der Waals surface area contributed by atoms with Crippen LogP contribution in [-0.4, -0.2) is 50.7 Å². The fourth-order valence-corrected chi connectivity index (χ4v) is 4.76. The van der Waals surface area contributed by atoms with Crippen LogP contribution in [0.25, 0.3) is 10.8 Å². The van der Waals surface area contributed by atoms with E-state index < -0.39 is 10.0 Å². The Balaban J connectivity index is 1.89. The van der Waals surface area contributed by atoms with E-state index >= 15 is 0 Å². The molecular weight excluding hydrogens is 324 g/mol. The van der Waals surface area contributed by atoms with Gasteiger partial charge in [-0.15, -0.1) is 0 Å². The standard InChI is InChI=1S/C18H22N2O3S/c1-19(2)18(21)16-8-5-11-20(13-16)24(22,23)17-10-9-14-6-3-4-7-15(14)12-17/h3-4,6-7,9-10,12,16H,5,8,11,13H2,1-2H3. The molecule has 1 atom stereocenters. The van der Waals surface area contributed by atoms with E-state index in [-0.39, 0.29) is 18.4 Å². The summed E-state index contributed by atoms with van der Waals surface area (Å²) in [4.78, 5) is 14.0. The minimum atomic E-state index is -3.58. The van der Waals surface area contributed by atoms with Gasteiger partial charge in [0.2, 0.25) is 15.9 Å². The zero-order chi connectivity index (χ0) is 17.3. The van der Waals surface area contributed by atoms with Crippen LogP contribution in [0.1, 0.15) is 12.8 Å². The number of piperidine rings is 1. The molecule has 24 heavy (non-hydrogen) atoms. The predicted molar refractivity (Wildman–Crippen MR) is 94.1 cm³/mol. The Labute approximate surface area is 142 Å². The average molecular weight is 346 g/mol. The predicted octanol–water partition coefficient (Wildman–Crippen LogP) is 2.33. The van der Waals surface area contributed by atoms with E-state index in [1.807, 2.05) is 30.3 Å². The van der Waals surface area contributed by atoms with Gasteiger partial charge in [-0.2, -0.15) is 4.31 Å². The molecule has 1 amide bonds. The fraction of sp³-hybridized carbons (Fsp3) is 0.389. The molecule has 2 aromatic carbocycles. The number of carbonyl (C=O) groups is 1. The largest absolute Gasteiger partial charge is 0.349 e. The van der Waals surface area contributed by atoms with Gasteiger partial charge in [0.1, 0.15) is 0 Å². The Morgan fingerprint density at radius 1 is 1.12 bits per heavy atom. The van der Waals surface area contributed by atoms with Crippen molar-refractivity contribution in [3.05, 3.63) is 42.5 Å². The van der Waals surface area contributed by atoms with Crippen LogP contribution in [0.5, 0.6) is 0 Å². The van der Waals surface area contributed by atoms with Gasteiger partial charge < -0.3 is 4.90 Å². The van der Waals surface area contributed by atoms with E-state index in [9.17, 15) is 13.2 Å². The van der Waals surface area contributed by atoms with Crippen molar-refractivity contribution in [3.63, 3.8) is 0 Å². The summed E-state index contributed by atoms with van der Waals surface area (Å²) < 4.78 is 27.4. The second-order valence-electron chi connectivity index (χ2n) is 6.44. The van der Waals surface area contributed by atoms with E-state index in [1.54, 1.807) is 26.2 Å². The van der Waals surface area contributed by atoms with Crippen LogP contribution in [0.4, 0.5) is 0 Å². The van der Waals surface area contributed by atoms with E-state index in [4.69, 9.17) is 0 Å². The van der Waals surface area contributed by atoms with Gasteiger partial charge in [-0.25, -0.2) is 8.42 Å². The van der Waals surface area contributed by atoms with Crippen molar-refractivity contribution in [2.45, 2.75) is 17.7 Å². The maximum atomic E-state index is 13.0. The maximum absolute atomic E-state index is 13.0. The highest BCUT2D eigenvalue weighted by Gasteiger charge is 2.33. The van der Waals surface area contributed by atoms with Gasteiger partial charge in [-0.05, 0) is 35.7 Å². The first-order chi connectivity index (χ1) is 11.4. The van der Waals surface area contributed by atoms with Gasteiger partial charge in [0.15, 0.2) is 0 Å². The quantitative estimate of drug-likeness (QED) is 0.857. The lowest BCUT2D eigenvalue weighted by Gasteiger charge is -2.32. The molecule has 0 spiro atoms. The van der Waals surface area contributed by atoms with E-state index in [0.717, 1.165) is 17.2 Å². The first-order valence-corrected chi connectivity index (χ1v) is 9.54. The molecule has 1 aliphatic heterocycles. The maximum Gasteiger partial charge on any atom is 0.243 e. The Morgan fingerprint density at radius 3 is 2.54 bits per heavy atom. The van der Waals surface area contributed by atoms with Crippen molar-refractivity contribution in [1.29, 1.82) is 0 Å². The van der Waals surface area contributed by atoms with E-state index in [2.05, 4.69) is 0 Å². The van der Waals surface area contributed by atoms with Crippen molar-refractivity contribution in [1.82, 2.24) is 9.21 Å². The Morgan fingerprint density at radius 2 is 1.83 bits per heavy atom. The molecule has 0 N–H and O–H groups in total. The zero-order valence-electron chi connectivity index (χ0n) is 14.0. The summed E-state index contributed by atoms with van der Waals surface area (Å²) in [6.07, 6.45) is 1.44. The SMILES string of the molecule is CN(C)C(=O)C1CCCN(S(=O)(=O)c2ccc3ccccc3c2)C1. The van der Waals surface area contributed by atoms with Crippen molar-refractivity contribution >= 4 is 26.7 Å². The number of carbonyl (C=O) groups excluding carboxylic acids is 1. The van der Waals surface area contributed by atoms with Crippen molar-refractivity contribution in [2.75, 3.05) is 27.2 Å². The van der Waals surface area contributed by atoms with Gasteiger partial charge in [0.05, 0.1) is 10.8 Å². The summed E-state index contributed by atoms with van der Waals surface area (Å²) in [5.74, 6) is -0.266. The summed E-state index contributed by atoms with van der Waals surface area (Å²) in [7, 11) is -0.168. The third-order valence-corrected chi connectivity index (χ3v) is 6.39. The smallest absolute Gasteiger partial charge is 0.243 e. The molecule has 1 saturated heterocycles. The van der Waals surface area contributed by atoms with E-state index in [1.165, 1.54) is 9.21 Å². The molecule has 1 fully saturated rings. The third-order valence-electron chi connectivity index (χ3n) is 4.53. The second kappa shape index (κ2) is 6.53. The molecule has 3 rings (SSSR count). The molecule has 2 aromatic rings. The van der Waals surface area contributed by atoms with Gasteiger partial charge in [0, 0.05) is 27.2 Å². The number of hydrogen-bond donors (Lipinski definition) is 0. The van der Waals surface area contributed by atoms with E-state index in [0.29, 0.717) is 17.9 Å². The number of amides is 1. The van der Waals surface area contributed by atoms with Gasteiger partial charge in [0.25, 0.3) is 0 Å². The summed E-state index contributed by atoms with van der Waals surface area (Å²) in [6, 6.07) is 12.9. The minimum absolute atomic E-state index is 0.00610. The van der Waals surface area contributed by atoms with Crippen LogP contribution < -0.4 is 0 Å². The molecule has 1 heterocycles. The molecule has 0 aliphatic carbocycles. The molecular formula is C18H22N2O3S. The number of fused-ring (bicyclic) bond motifs is 1. The lowest BCUT2D eigenvalue weighted by molar-refractivity contribution is -0.134. The molecule has 5 nitrogen and oxygen atoms in total. The van der Waals surface area contributed by atoms with Crippen LogP contribution >= 0.6 is 0 Å². The molecule has 0 aromatic heterocycles. The normalized spacial score (nSPS) is 19.3. The van der Waals surface area contributed by atoms with Crippen LogP contribution in [0.3, 0.4) is 0 Å².